The van der Waals surface area contributed by atoms with Crippen molar-refractivity contribution in [3.05, 3.63) is 35.6 Å². The number of rotatable bonds is 3. The molecule has 1 aromatic carbocycles. The van der Waals surface area contributed by atoms with E-state index >= 15 is 0 Å². The van der Waals surface area contributed by atoms with Gasteiger partial charge in [-0.25, -0.2) is 4.39 Å². The van der Waals surface area contributed by atoms with E-state index in [-0.39, 0.29) is 23.9 Å². The Morgan fingerprint density at radius 3 is 2.95 bits per heavy atom. The van der Waals surface area contributed by atoms with Crippen molar-refractivity contribution in [2.75, 3.05) is 19.8 Å². The third-order valence-corrected chi connectivity index (χ3v) is 4.28. The van der Waals surface area contributed by atoms with Gasteiger partial charge in [0.25, 0.3) is 0 Å². The van der Waals surface area contributed by atoms with E-state index in [2.05, 4.69) is 5.32 Å². The molecular formula is C16H21FN2O2. The molecule has 1 amide bonds. The van der Waals surface area contributed by atoms with Gasteiger partial charge in [0, 0.05) is 24.6 Å². The highest BCUT2D eigenvalue weighted by Gasteiger charge is 2.39. The summed E-state index contributed by atoms with van der Waals surface area (Å²) in [5.74, 6) is 0.0969. The normalized spacial score (nSPS) is 29.9. The predicted octanol–water partition coefficient (Wildman–Crippen LogP) is 2.07. The molecule has 4 nitrogen and oxygen atoms in total. The van der Waals surface area contributed by atoms with Crippen molar-refractivity contribution in [1.29, 1.82) is 0 Å². The van der Waals surface area contributed by atoms with E-state index < -0.39 is 0 Å². The Kier molecular flexibility index (Phi) is 4.22. The van der Waals surface area contributed by atoms with Crippen molar-refractivity contribution < 1.29 is 13.9 Å². The van der Waals surface area contributed by atoms with Gasteiger partial charge < -0.3 is 9.64 Å². The summed E-state index contributed by atoms with van der Waals surface area (Å²) in [7, 11) is 0. The van der Waals surface area contributed by atoms with Crippen molar-refractivity contribution >= 4 is 5.91 Å². The molecule has 3 rings (SSSR count). The fourth-order valence-corrected chi connectivity index (χ4v) is 3.15. The van der Waals surface area contributed by atoms with Crippen LogP contribution in [0.5, 0.6) is 0 Å². The molecule has 2 aliphatic heterocycles. The van der Waals surface area contributed by atoms with Crippen LogP contribution in [-0.4, -0.2) is 36.6 Å². The monoisotopic (exact) mass is 292 g/mol. The third kappa shape index (κ3) is 2.94. The van der Waals surface area contributed by atoms with Crippen LogP contribution in [0, 0.1) is 11.7 Å². The fourth-order valence-electron chi connectivity index (χ4n) is 3.15. The Hall–Kier alpha value is -1.46. The van der Waals surface area contributed by atoms with E-state index in [0.717, 1.165) is 19.4 Å². The summed E-state index contributed by atoms with van der Waals surface area (Å²) in [6.45, 7) is 3.93. The van der Waals surface area contributed by atoms with Gasteiger partial charge in [0.1, 0.15) is 12.0 Å². The summed E-state index contributed by atoms with van der Waals surface area (Å²) >= 11 is 0. The Morgan fingerprint density at radius 2 is 2.24 bits per heavy atom. The maximum Gasteiger partial charge on any atom is 0.241 e. The van der Waals surface area contributed by atoms with E-state index in [1.807, 2.05) is 6.92 Å². The minimum Gasteiger partial charge on any atom is -0.381 e. The van der Waals surface area contributed by atoms with E-state index in [1.165, 1.54) is 6.07 Å². The molecule has 21 heavy (non-hydrogen) atoms. The molecule has 5 heteroatoms. The number of amides is 1. The SMILES string of the molecule is CC1NC(c2ccccc2F)N(CC2CCCOC2)C1=O. The van der Waals surface area contributed by atoms with Crippen molar-refractivity contribution in [2.24, 2.45) is 5.92 Å². The van der Waals surface area contributed by atoms with Gasteiger partial charge in [-0.05, 0) is 25.8 Å². The van der Waals surface area contributed by atoms with Gasteiger partial charge in [-0.1, -0.05) is 18.2 Å². The Balaban J connectivity index is 1.81. The maximum absolute atomic E-state index is 14.0. The van der Waals surface area contributed by atoms with Crippen LogP contribution in [0.2, 0.25) is 0 Å². The average Bonchev–Trinajstić information content (AvgIpc) is 2.77. The molecule has 1 aromatic rings. The molecule has 2 saturated heterocycles. The van der Waals surface area contributed by atoms with Crippen LogP contribution in [0.15, 0.2) is 24.3 Å². The topological polar surface area (TPSA) is 41.6 Å². The first-order valence-corrected chi connectivity index (χ1v) is 7.55. The second-order valence-corrected chi connectivity index (χ2v) is 5.89. The number of benzene rings is 1. The maximum atomic E-state index is 14.0. The summed E-state index contributed by atoms with van der Waals surface area (Å²) in [4.78, 5) is 14.1. The van der Waals surface area contributed by atoms with Crippen LogP contribution in [0.1, 0.15) is 31.5 Å². The van der Waals surface area contributed by atoms with Gasteiger partial charge in [-0.2, -0.15) is 0 Å². The van der Waals surface area contributed by atoms with Gasteiger partial charge in [0.05, 0.1) is 12.6 Å². The Bertz CT molecular complexity index is 517. The van der Waals surface area contributed by atoms with Crippen LogP contribution >= 0.6 is 0 Å². The smallest absolute Gasteiger partial charge is 0.241 e. The highest BCUT2D eigenvalue weighted by molar-refractivity contribution is 5.84. The van der Waals surface area contributed by atoms with Crippen LogP contribution in [-0.2, 0) is 9.53 Å². The summed E-state index contributed by atoms with van der Waals surface area (Å²) in [6, 6.07) is 6.36. The molecule has 1 N–H and O–H groups in total. The third-order valence-electron chi connectivity index (χ3n) is 4.28. The number of hydrogen-bond acceptors (Lipinski definition) is 3. The molecule has 3 atom stereocenters. The zero-order valence-corrected chi connectivity index (χ0v) is 12.2. The van der Waals surface area contributed by atoms with Crippen LogP contribution in [0.3, 0.4) is 0 Å². The highest BCUT2D eigenvalue weighted by atomic mass is 19.1. The van der Waals surface area contributed by atoms with Crippen LogP contribution in [0.4, 0.5) is 4.39 Å². The number of halogens is 1. The lowest BCUT2D eigenvalue weighted by molar-refractivity contribution is -0.131. The molecule has 0 bridgehead atoms. The van der Waals surface area contributed by atoms with Gasteiger partial charge in [0.2, 0.25) is 5.91 Å². The minimum absolute atomic E-state index is 0.0360. The highest BCUT2D eigenvalue weighted by Crippen LogP contribution is 2.29. The first-order valence-electron chi connectivity index (χ1n) is 7.55. The van der Waals surface area contributed by atoms with Crippen molar-refractivity contribution in [3.63, 3.8) is 0 Å². The summed E-state index contributed by atoms with van der Waals surface area (Å²) in [5.41, 5.74) is 0.534. The minimum atomic E-state index is -0.379. The second-order valence-electron chi connectivity index (χ2n) is 5.89. The molecule has 0 aliphatic carbocycles. The Morgan fingerprint density at radius 1 is 1.43 bits per heavy atom. The van der Waals surface area contributed by atoms with Crippen LogP contribution in [0.25, 0.3) is 0 Å². The van der Waals surface area contributed by atoms with Gasteiger partial charge in [-0.15, -0.1) is 0 Å². The second kappa shape index (κ2) is 6.12. The number of carbonyl (C=O) groups excluding carboxylic acids is 1. The number of ether oxygens (including phenoxy) is 1. The first-order chi connectivity index (χ1) is 10.2. The standard InChI is InChI=1S/C16H21FN2O2/c1-11-16(20)19(9-12-5-4-8-21-10-12)15(18-11)13-6-2-3-7-14(13)17/h2-3,6-7,11-12,15,18H,4-5,8-10H2,1H3. The average molecular weight is 292 g/mol. The van der Waals surface area contributed by atoms with E-state index in [9.17, 15) is 9.18 Å². The summed E-state index contributed by atoms with van der Waals surface area (Å²) < 4.78 is 19.5. The quantitative estimate of drug-likeness (QED) is 0.927. The lowest BCUT2D eigenvalue weighted by Crippen LogP contribution is -2.38. The van der Waals surface area contributed by atoms with Crippen molar-refractivity contribution in [1.82, 2.24) is 10.2 Å². The molecule has 0 saturated carbocycles. The Labute approximate surface area is 124 Å². The van der Waals surface area contributed by atoms with E-state index in [1.54, 1.807) is 23.1 Å². The molecule has 0 radical (unpaired) electrons. The van der Waals surface area contributed by atoms with Crippen LogP contribution < -0.4 is 5.32 Å². The number of nitrogens with zero attached hydrogens (tertiary/aromatic N) is 1. The van der Waals surface area contributed by atoms with Gasteiger partial charge in [0.15, 0.2) is 0 Å². The molecule has 2 fully saturated rings. The molecule has 2 heterocycles. The molecular weight excluding hydrogens is 271 g/mol. The summed E-state index contributed by atoms with van der Waals surface area (Å²) in [6.07, 6.45) is 1.71. The number of carbonyl (C=O) groups is 1. The molecule has 114 valence electrons. The van der Waals surface area contributed by atoms with Gasteiger partial charge >= 0.3 is 0 Å². The number of hydrogen-bond donors (Lipinski definition) is 1. The number of nitrogens with one attached hydrogen (secondary N) is 1. The zero-order valence-electron chi connectivity index (χ0n) is 12.2. The summed E-state index contributed by atoms with van der Waals surface area (Å²) in [5, 5.41) is 3.20. The van der Waals surface area contributed by atoms with Gasteiger partial charge in [-0.3, -0.25) is 10.1 Å². The molecule has 2 aliphatic rings. The fraction of sp³-hybridized carbons (Fsp3) is 0.562. The zero-order chi connectivity index (χ0) is 14.8. The molecule has 0 spiro atoms. The predicted molar refractivity (Wildman–Crippen MR) is 77.0 cm³/mol. The van der Waals surface area contributed by atoms with Crippen molar-refractivity contribution in [3.8, 4) is 0 Å². The van der Waals surface area contributed by atoms with Crippen molar-refractivity contribution in [2.45, 2.75) is 32.0 Å². The first kappa shape index (κ1) is 14.5. The lowest BCUT2D eigenvalue weighted by atomic mass is 10.0. The lowest BCUT2D eigenvalue weighted by Gasteiger charge is -2.31. The largest absolute Gasteiger partial charge is 0.381 e. The molecule has 0 aromatic heterocycles. The van der Waals surface area contributed by atoms with E-state index in [4.69, 9.17) is 4.74 Å². The van der Waals surface area contributed by atoms with E-state index in [0.29, 0.717) is 24.6 Å². The molecule has 3 unspecified atom stereocenters.